The zero-order valence-electron chi connectivity index (χ0n) is 16.9. The Morgan fingerprint density at radius 3 is 2.55 bits per heavy atom. The van der Waals surface area contributed by atoms with Crippen LogP contribution in [0.25, 0.3) is 0 Å². The molecule has 4 aliphatic rings. The maximum absolute atomic E-state index is 13.2. The van der Waals surface area contributed by atoms with E-state index >= 15 is 0 Å². The van der Waals surface area contributed by atoms with Crippen LogP contribution in [-0.4, -0.2) is 72.2 Å². The standard InChI is InChI=1S/C20H30N4O4S/c1-23-8-2-3-17(23)12-29(26,27)24-15-6-7-16(24)10-14(9-15)21-20(25)18-11-19(28-22-18)13-4-5-13/h11,13-17H,2-10,12H2,1H3,(H,21,25)/t14-,15+,16-,17-/m0/s1. The first kappa shape index (κ1) is 19.5. The van der Waals surface area contributed by atoms with E-state index in [1.807, 2.05) is 7.05 Å². The second kappa shape index (κ2) is 7.35. The van der Waals surface area contributed by atoms with E-state index < -0.39 is 10.0 Å². The third-order valence-corrected chi connectivity index (χ3v) is 9.18. The lowest BCUT2D eigenvalue weighted by Gasteiger charge is -2.38. The fourth-order valence-electron chi connectivity index (χ4n) is 5.44. The van der Waals surface area contributed by atoms with Gasteiger partial charge in [-0.05, 0) is 65.0 Å². The summed E-state index contributed by atoms with van der Waals surface area (Å²) in [6.45, 7) is 0.978. The van der Waals surface area contributed by atoms with Crippen LogP contribution < -0.4 is 5.32 Å². The topological polar surface area (TPSA) is 95.8 Å². The summed E-state index contributed by atoms with van der Waals surface area (Å²) < 4.78 is 33.4. The molecule has 0 radical (unpaired) electrons. The van der Waals surface area contributed by atoms with Gasteiger partial charge in [0.15, 0.2) is 5.69 Å². The van der Waals surface area contributed by atoms with Crippen molar-refractivity contribution < 1.29 is 17.7 Å². The Bertz CT molecular complexity index is 867. The summed E-state index contributed by atoms with van der Waals surface area (Å²) in [5.41, 5.74) is 0.332. The fourth-order valence-corrected chi connectivity index (χ4v) is 7.81. The van der Waals surface area contributed by atoms with Crippen LogP contribution >= 0.6 is 0 Å². The van der Waals surface area contributed by atoms with Gasteiger partial charge in [0.2, 0.25) is 10.0 Å². The fraction of sp³-hybridized carbons (Fsp3) is 0.800. The second-order valence-corrected chi connectivity index (χ2v) is 11.2. The molecular formula is C20H30N4O4S. The van der Waals surface area contributed by atoms with Gasteiger partial charge < -0.3 is 14.7 Å². The molecule has 160 valence electrons. The van der Waals surface area contributed by atoms with Crippen LogP contribution in [0, 0.1) is 0 Å². The number of hydrogen-bond acceptors (Lipinski definition) is 6. The average molecular weight is 423 g/mol. The van der Waals surface area contributed by atoms with Crippen molar-refractivity contribution >= 4 is 15.9 Å². The highest BCUT2D eigenvalue weighted by molar-refractivity contribution is 7.89. The number of fused-ring (bicyclic) bond motifs is 2. The van der Waals surface area contributed by atoms with Crippen LogP contribution in [0.4, 0.5) is 0 Å². The van der Waals surface area contributed by atoms with Gasteiger partial charge >= 0.3 is 0 Å². The molecule has 0 spiro atoms. The quantitative estimate of drug-likeness (QED) is 0.750. The van der Waals surface area contributed by atoms with E-state index in [2.05, 4.69) is 15.4 Å². The monoisotopic (exact) mass is 422 g/mol. The molecule has 1 aromatic rings. The van der Waals surface area contributed by atoms with Gasteiger partial charge in [0, 0.05) is 36.2 Å². The number of amides is 1. The first-order valence-corrected chi connectivity index (χ1v) is 12.5. The molecule has 1 aromatic heterocycles. The first-order chi connectivity index (χ1) is 13.9. The number of carbonyl (C=O) groups is 1. The zero-order valence-corrected chi connectivity index (χ0v) is 17.7. The van der Waals surface area contributed by atoms with Crippen molar-refractivity contribution in [2.45, 2.75) is 81.5 Å². The molecule has 0 aromatic carbocycles. The third kappa shape index (κ3) is 3.84. The Hall–Kier alpha value is -1.45. The van der Waals surface area contributed by atoms with E-state index in [4.69, 9.17) is 4.52 Å². The van der Waals surface area contributed by atoms with Gasteiger partial charge in [0.1, 0.15) is 5.76 Å². The number of aromatic nitrogens is 1. The predicted octanol–water partition coefficient (Wildman–Crippen LogP) is 1.70. The third-order valence-electron chi connectivity index (χ3n) is 7.14. The zero-order chi connectivity index (χ0) is 20.2. The molecule has 1 aliphatic carbocycles. The number of piperidine rings is 1. The molecule has 3 aliphatic heterocycles. The Morgan fingerprint density at radius 2 is 1.93 bits per heavy atom. The van der Waals surface area contributed by atoms with Crippen LogP contribution in [0.1, 0.15) is 73.5 Å². The SMILES string of the molecule is CN1CCC[C@H]1CS(=O)(=O)N1[C@@H]2CC[C@H]1C[C@@H](NC(=O)c1cc(C3CC3)on1)C2. The summed E-state index contributed by atoms with van der Waals surface area (Å²) in [7, 11) is -1.27. The molecule has 4 heterocycles. The number of sulfonamides is 1. The van der Waals surface area contributed by atoms with Crippen molar-refractivity contribution in [2.75, 3.05) is 19.3 Å². The van der Waals surface area contributed by atoms with Crippen molar-refractivity contribution in [3.63, 3.8) is 0 Å². The molecule has 4 fully saturated rings. The Morgan fingerprint density at radius 1 is 1.21 bits per heavy atom. The summed E-state index contributed by atoms with van der Waals surface area (Å²) in [6, 6.07) is 1.86. The lowest BCUT2D eigenvalue weighted by Crippen LogP contribution is -2.54. The normalized spacial score (nSPS) is 33.3. The van der Waals surface area contributed by atoms with Gasteiger partial charge in [-0.2, -0.15) is 4.31 Å². The predicted molar refractivity (Wildman–Crippen MR) is 107 cm³/mol. The Labute approximate surface area is 172 Å². The minimum atomic E-state index is -3.29. The van der Waals surface area contributed by atoms with Crippen LogP contribution in [0.3, 0.4) is 0 Å². The van der Waals surface area contributed by atoms with Gasteiger partial charge in [-0.15, -0.1) is 0 Å². The molecule has 8 nitrogen and oxygen atoms in total. The number of hydrogen-bond donors (Lipinski definition) is 1. The van der Waals surface area contributed by atoms with E-state index in [9.17, 15) is 13.2 Å². The molecule has 1 N–H and O–H groups in total. The van der Waals surface area contributed by atoms with Crippen LogP contribution in [0.2, 0.25) is 0 Å². The molecular weight excluding hydrogens is 392 g/mol. The minimum absolute atomic E-state index is 0.00454. The molecule has 1 amide bonds. The van der Waals surface area contributed by atoms with Gasteiger partial charge in [-0.1, -0.05) is 5.16 Å². The van der Waals surface area contributed by atoms with E-state index in [1.165, 1.54) is 0 Å². The average Bonchev–Trinajstić information content (AvgIpc) is 3.14. The van der Waals surface area contributed by atoms with Gasteiger partial charge in [-0.25, -0.2) is 8.42 Å². The lowest BCUT2D eigenvalue weighted by atomic mass is 9.99. The van der Waals surface area contributed by atoms with Crippen LogP contribution in [0.15, 0.2) is 10.6 Å². The summed E-state index contributed by atoms with van der Waals surface area (Å²) in [5.74, 6) is 1.23. The van der Waals surface area contributed by atoms with Crippen LogP contribution in [-0.2, 0) is 10.0 Å². The highest BCUT2D eigenvalue weighted by atomic mass is 32.2. The molecule has 9 heteroatoms. The van der Waals surface area contributed by atoms with E-state index in [0.717, 1.165) is 50.8 Å². The minimum Gasteiger partial charge on any atom is -0.360 e. The Kier molecular flexibility index (Phi) is 4.95. The van der Waals surface area contributed by atoms with Crippen molar-refractivity contribution in [3.8, 4) is 0 Å². The van der Waals surface area contributed by atoms with E-state index in [-0.39, 0.29) is 35.8 Å². The largest absolute Gasteiger partial charge is 0.360 e. The lowest BCUT2D eigenvalue weighted by molar-refractivity contribution is 0.0900. The molecule has 2 bridgehead atoms. The van der Waals surface area contributed by atoms with E-state index in [0.29, 0.717) is 24.5 Å². The van der Waals surface area contributed by atoms with Crippen LogP contribution in [0.5, 0.6) is 0 Å². The molecule has 3 saturated heterocycles. The number of likely N-dealkylation sites (tertiary alicyclic amines) is 1. The molecule has 4 atom stereocenters. The number of rotatable bonds is 6. The number of nitrogens with one attached hydrogen (secondary N) is 1. The summed E-state index contributed by atoms with van der Waals surface area (Å²) in [4.78, 5) is 14.7. The van der Waals surface area contributed by atoms with Crippen molar-refractivity contribution in [1.82, 2.24) is 19.7 Å². The van der Waals surface area contributed by atoms with Crippen molar-refractivity contribution in [1.29, 1.82) is 0 Å². The Balaban J connectivity index is 1.22. The number of carbonyl (C=O) groups excluding carboxylic acids is 1. The molecule has 5 rings (SSSR count). The van der Waals surface area contributed by atoms with Crippen molar-refractivity contribution in [2.24, 2.45) is 0 Å². The summed E-state index contributed by atoms with van der Waals surface area (Å²) >= 11 is 0. The molecule has 29 heavy (non-hydrogen) atoms. The first-order valence-electron chi connectivity index (χ1n) is 10.9. The second-order valence-electron chi connectivity index (χ2n) is 9.30. The highest BCUT2D eigenvalue weighted by Crippen LogP contribution is 2.41. The van der Waals surface area contributed by atoms with Gasteiger partial charge in [-0.3, -0.25) is 4.79 Å². The van der Waals surface area contributed by atoms with E-state index in [1.54, 1.807) is 10.4 Å². The van der Waals surface area contributed by atoms with Gasteiger partial charge in [0.25, 0.3) is 5.91 Å². The summed E-state index contributed by atoms with van der Waals surface area (Å²) in [6.07, 6.45) is 7.34. The van der Waals surface area contributed by atoms with Gasteiger partial charge in [0.05, 0.1) is 5.75 Å². The van der Waals surface area contributed by atoms with Crippen molar-refractivity contribution in [3.05, 3.63) is 17.5 Å². The maximum atomic E-state index is 13.2. The smallest absolute Gasteiger partial charge is 0.273 e. The summed E-state index contributed by atoms with van der Waals surface area (Å²) in [5, 5.41) is 6.99. The maximum Gasteiger partial charge on any atom is 0.273 e. The highest BCUT2D eigenvalue weighted by Gasteiger charge is 2.47. The number of nitrogens with zero attached hydrogens (tertiary/aromatic N) is 3. The molecule has 1 saturated carbocycles. The molecule has 0 unspecified atom stereocenters.